The zero-order valence-electron chi connectivity index (χ0n) is 14.8. The van der Waals surface area contributed by atoms with Crippen LogP contribution in [0, 0.1) is 0 Å². The summed E-state index contributed by atoms with van der Waals surface area (Å²) in [5.74, 6) is 0.244. The van der Waals surface area contributed by atoms with Crippen molar-refractivity contribution < 1.29 is 4.79 Å². The Bertz CT molecular complexity index is 1320. The van der Waals surface area contributed by atoms with Crippen LogP contribution in [0.1, 0.15) is 0 Å². The molecule has 28 heavy (non-hydrogen) atoms. The smallest absolute Gasteiger partial charge is 0.236 e. The number of carbonyl (C=O) groups excluding carboxylic acids is 1. The largest absolute Gasteiger partial charge is 0.301 e. The lowest BCUT2D eigenvalue weighted by Crippen LogP contribution is -2.13. The minimum absolute atomic E-state index is 0.0682. The number of nitrogens with one attached hydrogen (secondary N) is 1. The van der Waals surface area contributed by atoms with Gasteiger partial charge in [0.05, 0.1) is 21.5 Å². The lowest BCUT2D eigenvalue weighted by Gasteiger charge is -2.05. The fourth-order valence-electron chi connectivity index (χ4n) is 3.21. The van der Waals surface area contributed by atoms with E-state index in [2.05, 4.69) is 39.6 Å². The first-order valence-corrected chi connectivity index (χ1v) is 10.6. The summed E-state index contributed by atoms with van der Waals surface area (Å²) in [5.41, 5.74) is 1.86. The van der Waals surface area contributed by atoms with Gasteiger partial charge in [0.2, 0.25) is 5.91 Å². The third kappa shape index (κ3) is 3.21. The van der Waals surface area contributed by atoms with Gasteiger partial charge in [-0.3, -0.25) is 9.78 Å². The third-order valence-corrected chi connectivity index (χ3v) is 6.47. The second-order valence-corrected chi connectivity index (χ2v) is 8.37. The molecule has 5 aromatic rings. The summed E-state index contributed by atoms with van der Waals surface area (Å²) in [6.07, 6.45) is 1.78. The SMILES string of the molecule is O=C(CSc1cccc2cccnc12)Nc1nc2c(ccc3ccccc32)s1. The van der Waals surface area contributed by atoms with Crippen LogP contribution in [0.25, 0.3) is 31.9 Å². The number of hydrogen-bond acceptors (Lipinski definition) is 5. The quantitative estimate of drug-likeness (QED) is 0.391. The predicted molar refractivity (Wildman–Crippen MR) is 118 cm³/mol. The summed E-state index contributed by atoms with van der Waals surface area (Å²) in [6.45, 7) is 0. The highest BCUT2D eigenvalue weighted by molar-refractivity contribution is 8.00. The van der Waals surface area contributed by atoms with E-state index < -0.39 is 0 Å². The Hall–Kier alpha value is -2.96. The summed E-state index contributed by atoms with van der Waals surface area (Å²) >= 11 is 2.99. The van der Waals surface area contributed by atoms with E-state index in [9.17, 15) is 4.79 Å². The molecule has 1 amide bonds. The summed E-state index contributed by atoms with van der Waals surface area (Å²) in [4.78, 5) is 22.6. The Morgan fingerprint density at radius 1 is 0.929 bits per heavy atom. The molecule has 0 atom stereocenters. The molecule has 2 heterocycles. The number of hydrogen-bond donors (Lipinski definition) is 1. The van der Waals surface area contributed by atoms with Crippen molar-refractivity contribution in [1.29, 1.82) is 0 Å². The van der Waals surface area contributed by atoms with E-state index in [0.29, 0.717) is 10.9 Å². The molecule has 0 saturated carbocycles. The Morgan fingerprint density at radius 3 is 2.75 bits per heavy atom. The molecule has 6 heteroatoms. The standard InChI is InChI=1S/C22H15N3OS2/c26-19(13-27-17-9-3-6-15-7-4-12-23-20(15)17)24-22-25-21-16-8-2-1-5-14(16)10-11-18(21)28-22/h1-12H,13H2,(H,24,25,26). The van der Waals surface area contributed by atoms with Crippen molar-refractivity contribution in [2.75, 3.05) is 11.1 Å². The maximum atomic E-state index is 12.5. The van der Waals surface area contributed by atoms with Gasteiger partial charge in [-0.15, -0.1) is 11.8 Å². The van der Waals surface area contributed by atoms with Gasteiger partial charge in [-0.25, -0.2) is 4.98 Å². The van der Waals surface area contributed by atoms with Crippen LogP contribution in [-0.2, 0) is 4.79 Å². The van der Waals surface area contributed by atoms with E-state index in [1.807, 2.05) is 42.5 Å². The molecule has 0 aliphatic carbocycles. The van der Waals surface area contributed by atoms with Gasteiger partial charge >= 0.3 is 0 Å². The minimum Gasteiger partial charge on any atom is -0.301 e. The number of anilines is 1. The van der Waals surface area contributed by atoms with Crippen LogP contribution in [0.2, 0.25) is 0 Å². The lowest BCUT2D eigenvalue weighted by molar-refractivity contribution is -0.113. The highest BCUT2D eigenvalue weighted by Gasteiger charge is 2.11. The Balaban J connectivity index is 1.35. The molecule has 5 rings (SSSR count). The van der Waals surface area contributed by atoms with Crippen molar-refractivity contribution in [2.45, 2.75) is 4.90 Å². The Kier molecular flexibility index (Phi) is 4.43. The van der Waals surface area contributed by atoms with Crippen molar-refractivity contribution in [3.63, 3.8) is 0 Å². The number of pyridine rings is 1. The molecule has 0 aliphatic heterocycles. The summed E-state index contributed by atoms with van der Waals surface area (Å²) in [7, 11) is 0. The third-order valence-electron chi connectivity index (χ3n) is 4.48. The summed E-state index contributed by atoms with van der Waals surface area (Å²) in [5, 5.41) is 6.90. The highest BCUT2D eigenvalue weighted by atomic mass is 32.2. The molecule has 0 aliphatic rings. The molecule has 0 spiro atoms. The normalized spacial score (nSPS) is 11.3. The molecule has 3 aromatic carbocycles. The molecule has 1 N–H and O–H groups in total. The average Bonchev–Trinajstić information content (AvgIpc) is 3.15. The van der Waals surface area contributed by atoms with E-state index in [0.717, 1.165) is 36.8 Å². The summed E-state index contributed by atoms with van der Waals surface area (Å²) in [6, 6.07) is 22.3. The fraction of sp³-hybridized carbons (Fsp3) is 0.0455. The summed E-state index contributed by atoms with van der Waals surface area (Å²) < 4.78 is 1.07. The second-order valence-electron chi connectivity index (χ2n) is 6.32. The average molecular weight is 402 g/mol. The van der Waals surface area contributed by atoms with Gasteiger partial charge in [0.15, 0.2) is 5.13 Å². The molecule has 0 radical (unpaired) electrons. The maximum Gasteiger partial charge on any atom is 0.236 e. The number of benzene rings is 3. The molecule has 0 fully saturated rings. The second kappa shape index (κ2) is 7.22. The van der Waals surface area contributed by atoms with E-state index in [1.165, 1.54) is 23.1 Å². The van der Waals surface area contributed by atoms with E-state index in [-0.39, 0.29) is 5.91 Å². The number of amides is 1. The van der Waals surface area contributed by atoms with Gasteiger partial charge in [-0.2, -0.15) is 0 Å². The predicted octanol–water partition coefficient (Wildman–Crippen LogP) is 5.73. The van der Waals surface area contributed by atoms with Crippen molar-refractivity contribution in [2.24, 2.45) is 0 Å². The first-order valence-electron chi connectivity index (χ1n) is 8.83. The topological polar surface area (TPSA) is 54.9 Å². The van der Waals surface area contributed by atoms with Crippen LogP contribution in [0.5, 0.6) is 0 Å². The van der Waals surface area contributed by atoms with Crippen LogP contribution in [0.4, 0.5) is 5.13 Å². The van der Waals surface area contributed by atoms with E-state index in [4.69, 9.17) is 0 Å². The molecule has 136 valence electrons. The molecule has 2 aromatic heterocycles. The van der Waals surface area contributed by atoms with Crippen LogP contribution in [0.15, 0.2) is 77.8 Å². The monoisotopic (exact) mass is 401 g/mol. The molecule has 4 nitrogen and oxygen atoms in total. The van der Waals surface area contributed by atoms with Crippen LogP contribution in [0.3, 0.4) is 0 Å². The maximum absolute atomic E-state index is 12.5. The van der Waals surface area contributed by atoms with Gasteiger partial charge < -0.3 is 5.32 Å². The number of para-hydroxylation sites is 1. The van der Waals surface area contributed by atoms with Crippen molar-refractivity contribution in [3.8, 4) is 0 Å². The van der Waals surface area contributed by atoms with Gasteiger partial charge in [-0.1, -0.05) is 59.9 Å². The van der Waals surface area contributed by atoms with Crippen molar-refractivity contribution in [3.05, 3.63) is 72.9 Å². The fourth-order valence-corrected chi connectivity index (χ4v) is 4.95. The molecule has 0 saturated heterocycles. The molecular formula is C22H15N3OS2. The number of rotatable bonds is 4. The number of aromatic nitrogens is 2. The molecule has 0 bridgehead atoms. The number of nitrogens with zero attached hydrogens (tertiary/aromatic N) is 2. The van der Waals surface area contributed by atoms with Crippen LogP contribution >= 0.6 is 23.1 Å². The molecular weight excluding hydrogens is 386 g/mol. The van der Waals surface area contributed by atoms with Gasteiger partial charge in [0.25, 0.3) is 0 Å². The Morgan fingerprint density at radius 2 is 1.79 bits per heavy atom. The number of fused-ring (bicyclic) bond motifs is 4. The lowest BCUT2D eigenvalue weighted by atomic mass is 10.1. The number of thioether (sulfide) groups is 1. The van der Waals surface area contributed by atoms with E-state index in [1.54, 1.807) is 6.20 Å². The first kappa shape index (κ1) is 17.2. The van der Waals surface area contributed by atoms with Crippen molar-refractivity contribution >= 4 is 66.0 Å². The zero-order chi connectivity index (χ0) is 18.9. The van der Waals surface area contributed by atoms with E-state index >= 15 is 0 Å². The van der Waals surface area contributed by atoms with Gasteiger partial charge in [0, 0.05) is 21.9 Å². The van der Waals surface area contributed by atoms with Gasteiger partial charge in [-0.05, 0) is 23.6 Å². The van der Waals surface area contributed by atoms with Crippen LogP contribution in [-0.4, -0.2) is 21.6 Å². The number of carbonyl (C=O) groups is 1. The van der Waals surface area contributed by atoms with Gasteiger partial charge in [0.1, 0.15) is 0 Å². The zero-order valence-corrected chi connectivity index (χ0v) is 16.4. The first-order chi connectivity index (χ1) is 13.8. The van der Waals surface area contributed by atoms with Crippen molar-refractivity contribution in [1.82, 2.24) is 9.97 Å². The number of thiazole rings is 1. The molecule has 0 unspecified atom stereocenters. The van der Waals surface area contributed by atoms with Crippen LogP contribution < -0.4 is 5.32 Å². The highest BCUT2D eigenvalue weighted by Crippen LogP contribution is 2.32. The Labute approximate surface area is 169 Å². The minimum atomic E-state index is -0.0682.